The van der Waals surface area contributed by atoms with Gasteiger partial charge in [0, 0.05) is 16.5 Å². The van der Waals surface area contributed by atoms with Crippen molar-refractivity contribution in [2.24, 2.45) is 0 Å². The largest absolute Gasteiger partial charge is 0.480 e. The van der Waals surface area contributed by atoms with Crippen molar-refractivity contribution in [3.63, 3.8) is 0 Å². The van der Waals surface area contributed by atoms with Crippen molar-refractivity contribution in [2.45, 2.75) is 12.5 Å². The number of hydrogen-bond acceptors (Lipinski definition) is 3. The van der Waals surface area contributed by atoms with E-state index in [9.17, 15) is 19.5 Å². The molecule has 0 saturated heterocycles. The molecule has 1 unspecified atom stereocenters. The zero-order chi connectivity index (χ0) is 24.3. The minimum absolute atomic E-state index is 0.0727. The van der Waals surface area contributed by atoms with Gasteiger partial charge in [0.2, 0.25) is 0 Å². The van der Waals surface area contributed by atoms with Crippen LogP contribution in [0.5, 0.6) is 0 Å². The van der Waals surface area contributed by atoms with E-state index in [4.69, 9.17) is 0 Å². The van der Waals surface area contributed by atoms with Crippen LogP contribution in [0.3, 0.4) is 0 Å². The van der Waals surface area contributed by atoms with Crippen molar-refractivity contribution >= 4 is 39.8 Å². The lowest BCUT2D eigenvalue weighted by atomic mass is 10.1. The fourth-order valence-corrected chi connectivity index (χ4v) is 3.50. The molecule has 0 aliphatic rings. The summed E-state index contributed by atoms with van der Waals surface area (Å²) < 4.78 is 0.716. The van der Waals surface area contributed by atoms with Gasteiger partial charge in [0.15, 0.2) is 0 Å². The molecule has 0 aromatic heterocycles. The number of allylic oxidation sites excluding steroid dienone is 2. The first-order valence-corrected chi connectivity index (χ1v) is 11.3. The highest BCUT2D eigenvalue weighted by atomic mass is 79.9. The molecule has 6 nitrogen and oxygen atoms in total. The number of rotatable bonds is 9. The SMILES string of the molecule is O=C(NC(Cc1ccccc1)C(=O)O)/C(=C\C=C\c1ccccc1)NC(=O)c1cccc(Br)c1. The van der Waals surface area contributed by atoms with Gasteiger partial charge in [0.05, 0.1) is 0 Å². The molecule has 3 aromatic carbocycles. The number of nitrogens with one attached hydrogen (secondary N) is 2. The van der Waals surface area contributed by atoms with E-state index in [1.165, 1.54) is 6.08 Å². The summed E-state index contributed by atoms with van der Waals surface area (Å²) >= 11 is 3.32. The lowest BCUT2D eigenvalue weighted by Gasteiger charge is -2.16. The summed E-state index contributed by atoms with van der Waals surface area (Å²) in [5.74, 6) is -2.37. The van der Waals surface area contributed by atoms with Crippen LogP contribution in [0.25, 0.3) is 6.08 Å². The highest BCUT2D eigenvalue weighted by Crippen LogP contribution is 2.12. The summed E-state index contributed by atoms with van der Waals surface area (Å²) in [6.45, 7) is 0. The van der Waals surface area contributed by atoms with Gasteiger partial charge in [-0.3, -0.25) is 9.59 Å². The van der Waals surface area contributed by atoms with E-state index in [1.54, 1.807) is 60.7 Å². The molecule has 0 fully saturated rings. The van der Waals surface area contributed by atoms with Crippen LogP contribution in [-0.2, 0) is 16.0 Å². The standard InChI is InChI=1S/C27H23BrN2O4/c28-22-15-8-14-21(18-22)25(31)29-23(16-7-13-19-9-3-1-4-10-19)26(32)30-24(27(33)34)17-20-11-5-2-6-12-20/h1-16,18,24H,17H2,(H,29,31)(H,30,32)(H,33,34)/b13-7+,23-16+. The third kappa shape index (κ3) is 7.56. The van der Waals surface area contributed by atoms with Crippen LogP contribution in [-0.4, -0.2) is 28.9 Å². The predicted molar refractivity (Wildman–Crippen MR) is 135 cm³/mol. The lowest BCUT2D eigenvalue weighted by molar-refractivity contribution is -0.141. The minimum Gasteiger partial charge on any atom is -0.480 e. The number of carbonyl (C=O) groups excluding carboxylic acids is 2. The topological polar surface area (TPSA) is 95.5 Å². The highest BCUT2D eigenvalue weighted by Gasteiger charge is 2.23. The molecule has 34 heavy (non-hydrogen) atoms. The van der Waals surface area contributed by atoms with Crippen LogP contribution in [0.1, 0.15) is 21.5 Å². The Kier molecular flexibility index (Phi) is 8.94. The maximum absolute atomic E-state index is 13.0. The van der Waals surface area contributed by atoms with E-state index in [2.05, 4.69) is 26.6 Å². The average molecular weight is 519 g/mol. The molecule has 0 bridgehead atoms. The maximum Gasteiger partial charge on any atom is 0.326 e. The van der Waals surface area contributed by atoms with Gasteiger partial charge in [-0.15, -0.1) is 0 Å². The smallest absolute Gasteiger partial charge is 0.326 e. The number of carboxylic acids is 1. The Morgan fingerprint density at radius 1 is 0.912 bits per heavy atom. The molecule has 7 heteroatoms. The number of carboxylic acid groups (broad SMARTS) is 1. The third-order valence-electron chi connectivity index (χ3n) is 4.82. The normalized spacial score (nSPS) is 12.2. The highest BCUT2D eigenvalue weighted by molar-refractivity contribution is 9.10. The zero-order valence-corrected chi connectivity index (χ0v) is 19.7. The summed E-state index contributed by atoms with van der Waals surface area (Å²) in [6.07, 6.45) is 4.95. The van der Waals surface area contributed by atoms with Gasteiger partial charge in [0.1, 0.15) is 11.7 Å². The average Bonchev–Trinajstić information content (AvgIpc) is 2.84. The van der Waals surface area contributed by atoms with Crippen LogP contribution >= 0.6 is 15.9 Å². The number of carbonyl (C=O) groups is 3. The van der Waals surface area contributed by atoms with Gasteiger partial charge in [0.25, 0.3) is 11.8 Å². The van der Waals surface area contributed by atoms with Gasteiger partial charge >= 0.3 is 5.97 Å². The number of amides is 2. The van der Waals surface area contributed by atoms with Crippen LogP contribution in [0.2, 0.25) is 0 Å². The Morgan fingerprint density at radius 2 is 1.59 bits per heavy atom. The number of halogens is 1. The molecular formula is C27H23BrN2O4. The van der Waals surface area contributed by atoms with Gasteiger partial charge in [-0.2, -0.15) is 0 Å². The third-order valence-corrected chi connectivity index (χ3v) is 5.31. The molecular weight excluding hydrogens is 496 g/mol. The fourth-order valence-electron chi connectivity index (χ4n) is 3.10. The number of benzene rings is 3. The Balaban J connectivity index is 1.82. The first-order valence-electron chi connectivity index (χ1n) is 10.5. The quantitative estimate of drug-likeness (QED) is 0.285. The van der Waals surface area contributed by atoms with Crippen LogP contribution in [0, 0.1) is 0 Å². The van der Waals surface area contributed by atoms with E-state index in [1.807, 2.05) is 36.4 Å². The lowest BCUT2D eigenvalue weighted by Crippen LogP contribution is -2.45. The van der Waals surface area contributed by atoms with Crippen molar-refractivity contribution in [2.75, 3.05) is 0 Å². The molecule has 2 amide bonds. The van der Waals surface area contributed by atoms with Crippen molar-refractivity contribution in [1.29, 1.82) is 0 Å². The molecule has 0 spiro atoms. The molecule has 1 atom stereocenters. The summed E-state index contributed by atoms with van der Waals surface area (Å²) in [7, 11) is 0. The van der Waals surface area contributed by atoms with E-state index >= 15 is 0 Å². The minimum atomic E-state index is -1.17. The molecule has 0 heterocycles. The fraction of sp³-hybridized carbons (Fsp3) is 0.0741. The van der Waals surface area contributed by atoms with Crippen molar-refractivity contribution in [3.8, 4) is 0 Å². The number of hydrogen-bond donors (Lipinski definition) is 3. The van der Waals surface area contributed by atoms with Gasteiger partial charge in [-0.05, 0) is 35.4 Å². The van der Waals surface area contributed by atoms with Gasteiger partial charge in [-0.25, -0.2) is 4.79 Å². The zero-order valence-electron chi connectivity index (χ0n) is 18.1. The first-order chi connectivity index (χ1) is 16.4. The molecule has 0 saturated carbocycles. The molecule has 0 aliphatic carbocycles. The maximum atomic E-state index is 13.0. The molecule has 3 aromatic rings. The van der Waals surface area contributed by atoms with Crippen LogP contribution in [0.4, 0.5) is 0 Å². The van der Waals surface area contributed by atoms with E-state index < -0.39 is 23.8 Å². The molecule has 3 N–H and O–H groups in total. The Labute approximate surface area is 206 Å². The summed E-state index contributed by atoms with van der Waals surface area (Å²) in [5, 5.41) is 14.8. The molecule has 0 aliphatic heterocycles. The Bertz CT molecular complexity index is 1210. The van der Waals surface area contributed by atoms with Gasteiger partial charge in [-0.1, -0.05) is 94.8 Å². The second-order valence-corrected chi connectivity index (χ2v) is 8.28. The summed E-state index contributed by atoms with van der Waals surface area (Å²) in [4.78, 5) is 37.6. The molecule has 0 radical (unpaired) electrons. The van der Waals surface area contributed by atoms with Crippen molar-refractivity contribution < 1.29 is 19.5 Å². The van der Waals surface area contributed by atoms with Crippen LogP contribution in [0.15, 0.2) is 107 Å². The number of aliphatic carboxylic acids is 1. The predicted octanol–water partition coefficient (Wildman–Crippen LogP) is 4.59. The van der Waals surface area contributed by atoms with Crippen LogP contribution < -0.4 is 10.6 Å². The second kappa shape index (κ2) is 12.3. The van der Waals surface area contributed by atoms with Crippen molar-refractivity contribution in [1.82, 2.24) is 10.6 Å². The van der Waals surface area contributed by atoms with E-state index in [0.29, 0.717) is 10.0 Å². The summed E-state index contributed by atoms with van der Waals surface area (Å²) in [6, 6.07) is 24.0. The van der Waals surface area contributed by atoms with E-state index in [-0.39, 0.29) is 12.1 Å². The Morgan fingerprint density at radius 3 is 2.24 bits per heavy atom. The monoisotopic (exact) mass is 518 g/mol. The van der Waals surface area contributed by atoms with Crippen molar-refractivity contribution in [3.05, 3.63) is 124 Å². The summed E-state index contributed by atoms with van der Waals surface area (Å²) in [5.41, 5.74) is 1.95. The first kappa shape index (κ1) is 24.7. The van der Waals surface area contributed by atoms with E-state index in [0.717, 1.165) is 11.1 Å². The Hall–Kier alpha value is -3.97. The van der Waals surface area contributed by atoms with Gasteiger partial charge < -0.3 is 15.7 Å². The molecule has 172 valence electrons. The second-order valence-electron chi connectivity index (χ2n) is 7.37. The molecule has 3 rings (SSSR count).